The molecule has 0 bridgehead atoms. The SMILES string of the molecule is CC(C)c1ccc(C(=O)C(C)(N)C(F)(F)F)cc1. The summed E-state index contributed by atoms with van der Waals surface area (Å²) in [5, 5.41) is 0. The summed E-state index contributed by atoms with van der Waals surface area (Å²) in [4.78, 5) is 11.7. The normalized spacial score (nSPS) is 15.6. The van der Waals surface area contributed by atoms with Crippen molar-refractivity contribution in [3.63, 3.8) is 0 Å². The van der Waals surface area contributed by atoms with E-state index in [2.05, 4.69) is 0 Å². The minimum atomic E-state index is -4.76. The molecule has 0 amide bonds. The fourth-order valence-electron chi connectivity index (χ4n) is 1.45. The zero-order chi connectivity index (χ0) is 14.1. The molecule has 0 aliphatic carbocycles. The third-order valence-corrected chi connectivity index (χ3v) is 2.90. The summed E-state index contributed by atoms with van der Waals surface area (Å²) in [7, 11) is 0. The number of hydrogen-bond donors (Lipinski definition) is 1. The maximum Gasteiger partial charge on any atom is 0.413 e. The molecule has 0 heterocycles. The second-order valence-electron chi connectivity index (χ2n) is 4.81. The summed E-state index contributed by atoms with van der Waals surface area (Å²) < 4.78 is 37.9. The average molecular weight is 259 g/mol. The Labute approximate surface area is 104 Å². The standard InChI is InChI=1S/C13H16F3NO/c1-8(2)9-4-6-10(7-5-9)11(18)12(3,17)13(14,15)16/h4-8H,17H2,1-3H3. The van der Waals surface area contributed by atoms with Crippen LogP contribution in [0, 0.1) is 0 Å². The Morgan fingerprint density at radius 2 is 1.61 bits per heavy atom. The molecule has 1 atom stereocenters. The molecule has 0 aliphatic rings. The Kier molecular flexibility index (Phi) is 3.86. The summed E-state index contributed by atoms with van der Waals surface area (Å²) in [6.45, 7) is 4.60. The van der Waals surface area contributed by atoms with Gasteiger partial charge in [0.1, 0.15) is 0 Å². The largest absolute Gasteiger partial charge is 0.413 e. The van der Waals surface area contributed by atoms with Crippen LogP contribution in [0.25, 0.3) is 0 Å². The van der Waals surface area contributed by atoms with Gasteiger partial charge >= 0.3 is 6.18 Å². The number of halogens is 3. The summed E-state index contributed by atoms with van der Waals surface area (Å²) in [6, 6.07) is 6.05. The van der Waals surface area contributed by atoms with E-state index in [-0.39, 0.29) is 11.5 Å². The van der Waals surface area contributed by atoms with E-state index in [9.17, 15) is 18.0 Å². The molecule has 1 unspecified atom stereocenters. The van der Waals surface area contributed by atoms with Gasteiger partial charge in [0.25, 0.3) is 0 Å². The smallest absolute Gasteiger partial charge is 0.311 e. The summed E-state index contributed by atoms with van der Waals surface area (Å²) in [5.41, 5.74) is 3.17. The Morgan fingerprint density at radius 1 is 1.17 bits per heavy atom. The maximum absolute atomic E-state index is 12.6. The van der Waals surface area contributed by atoms with Crippen LogP contribution in [0.1, 0.15) is 42.6 Å². The zero-order valence-corrected chi connectivity index (χ0v) is 10.5. The number of rotatable bonds is 3. The van der Waals surface area contributed by atoms with E-state index >= 15 is 0 Å². The lowest BCUT2D eigenvalue weighted by atomic mass is 9.90. The van der Waals surface area contributed by atoms with Crippen LogP contribution in [0.15, 0.2) is 24.3 Å². The lowest BCUT2D eigenvalue weighted by molar-refractivity contribution is -0.165. The average Bonchev–Trinajstić information content (AvgIpc) is 2.26. The Balaban J connectivity index is 3.05. The molecule has 5 heteroatoms. The van der Waals surface area contributed by atoms with Gasteiger partial charge in [0.05, 0.1) is 0 Å². The number of alkyl halides is 3. The first-order valence-electron chi connectivity index (χ1n) is 5.57. The second-order valence-corrected chi connectivity index (χ2v) is 4.81. The molecule has 100 valence electrons. The highest BCUT2D eigenvalue weighted by Crippen LogP contribution is 2.31. The fourth-order valence-corrected chi connectivity index (χ4v) is 1.45. The first-order valence-corrected chi connectivity index (χ1v) is 5.57. The van der Waals surface area contributed by atoms with Gasteiger partial charge in [-0.25, -0.2) is 0 Å². The number of nitrogens with two attached hydrogens (primary N) is 1. The summed E-state index contributed by atoms with van der Waals surface area (Å²) in [6.07, 6.45) is -4.76. The maximum atomic E-state index is 12.6. The van der Waals surface area contributed by atoms with Gasteiger partial charge in [0, 0.05) is 5.56 Å². The van der Waals surface area contributed by atoms with Crippen molar-refractivity contribution >= 4 is 5.78 Å². The number of hydrogen-bond acceptors (Lipinski definition) is 2. The van der Waals surface area contributed by atoms with Crippen LogP contribution >= 0.6 is 0 Å². The van der Waals surface area contributed by atoms with Gasteiger partial charge in [-0.2, -0.15) is 13.2 Å². The zero-order valence-electron chi connectivity index (χ0n) is 10.5. The van der Waals surface area contributed by atoms with Crippen molar-refractivity contribution in [2.45, 2.75) is 38.4 Å². The molecule has 0 fully saturated rings. The van der Waals surface area contributed by atoms with E-state index in [0.717, 1.165) is 5.56 Å². The lowest BCUT2D eigenvalue weighted by Gasteiger charge is -2.26. The van der Waals surface area contributed by atoms with Crippen molar-refractivity contribution in [3.8, 4) is 0 Å². The minimum Gasteiger partial charge on any atom is -0.311 e. The molecule has 0 saturated heterocycles. The van der Waals surface area contributed by atoms with Gasteiger partial charge in [-0.3, -0.25) is 4.79 Å². The highest BCUT2D eigenvalue weighted by molar-refractivity contribution is 6.03. The van der Waals surface area contributed by atoms with Gasteiger partial charge in [-0.05, 0) is 18.4 Å². The van der Waals surface area contributed by atoms with Crippen LogP contribution in [0.2, 0.25) is 0 Å². The van der Waals surface area contributed by atoms with Gasteiger partial charge < -0.3 is 5.73 Å². The number of carbonyl (C=O) groups is 1. The molecular formula is C13H16F3NO. The Bertz CT molecular complexity index is 433. The molecule has 1 rings (SSSR count). The van der Waals surface area contributed by atoms with Crippen LogP contribution < -0.4 is 5.73 Å². The number of ketones is 1. The molecule has 1 aromatic carbocycles. The number of Topliss-reactive ketones (excluding diaryl/α,β-unsaturated/α-hetero) is 1. The molecule has 0 saturated carbocycles. The van der Waals surface area contributed by atoms with E-state index in [1.807, 2.05) is 13.8 Å². The summed E-state index contributed by atoms with van der Waals surface area (Å²) >= 11 is 0. The third kappa shape index (κ3) is 2.72. The van der Waals surface area contributed by atoms with E-state index in [0.29, 0.717) is 6.92 Å². The van der Waals surface area contributed by atoms with Gasteiger partial charge in [0.15, 0.2) is 11.3 Å². The van der Waals surface area contributed by atoms with E-state index in [1.165, 1.54) is 12.1 Å². The quantitative estimate of drug-likeness (QED) is 0.846. The predicted octanol–water partition coefficient (Wildman–Crippen LogP) is 3.27. The molecule has 2 N–H and O–H groups in total. The molecule has 0 aromatic heterocycles. The minimum absolute atomic E-state index is 0.0262. The van der Waals surface area contributed by atoms with E-state index in [1.54, 1.807) is 12.1 Å². The van der Waals surface area contributed by atoms with Crippen molar-refractivity contribution in [3.05, 3.63) is 35.4 Å². The van der Waals surface area contributed by atoms with Crippen molar-refractivity contribution in [1.29, 1.82) is 0 Å². The Hall–Kier alpha value is -1.36. The molecule has 0 radical (unpaired) electrons. The molecule has 0 aliphatic heterocycles. The van der Waals surface area contributed by atoms with Crippen LogP contribution in [0.3, 0.4) is 0 Å². The monoisotopic (exact) mass is 259 g/mol. The number of benzene rings is 1. The van der Waals surface area contributed by atoms with Gasteiger partial charge in [-0.1, -0.05) is 38.1 Å². The molecule has 0 spiro atoms. The topological polar surface area (TPSA) is 43.1 Å². The third-order valence-electron chi connectivity index (χ3n) is 2.90. The molecular weight excluding hydrogens is 243 g/mol. The van der Waals surface area contributed by atoms with Crippen molar-refractivity contribution in [2.75, 3.05) is 0 Å². The van der Waals surface area contributed by atoms with Gasteiger partial charge in [-0.15, -0.1) is 0 Å². The number of carbonyl (C=O) groups excluding carboxylic acids is 1. The molecule has 2 nitrogen and oxygen atoms in total. The molecule has 1 aromatic rings. The first-order chi connectivity index (χ1) is 8.07. The fraction of sp³-hybridized carbons (Fsp3) is 0.462. The lowest BCUT2D eigenvalue weighted by Crippen LogP contribution is -2.57. The highest BCUT2D eigenvalue weighted by atomic mass is 19.4. The summed E-state index contributed by atoms with van der Waals surface area (Å²) in [5.74, 6) is -0.869. The van der Waals surface area contributed by atoms with Crippen molar-refractivity contribution in [2.24, 2.45) is 5.73 Å². The van der Waals surface area contributed by atoms with Crippen LogP contribution in [0.5, 0.6) is 0 Å². The van der Waals surface area contributed by atoms with Crippen LogP contribution in [-0.2, 0) is 0 Å². The second kappa shape index (κ2) is 4.72. The highest BCUT2D eigenvalue weighted by Gasteiger charge is 2.53. The van der Waals surface area contributed by atoms with Crippen molar-refractivity contribution in [1.82, 2.24) is 0 Å². The molecule has 18 heavy (non-hydrogen) atoms. The Morgan fingerprint density at radius 3 is 1.94 bits per heavy atom. The van der Waals surface area contributed by atoms with Crippen LogP contribution in [-0.4, -0.2) is 17.5 Å². The van der Waals surface area contributed by atoms with Crippen molar-refractivity contribution < 1.29 is 18.0 Å². The van der Waals surface area contributed by atoms with Gasteiger partial charge in [0.2, 0.25) is 0 Å². The first kappa shape index (κ1) is 14.7. The van der Waals surface area contributed by atoms with E-state index in [4.69, 9.17) is 5.73 Å². The predicted molar refractivity (Wildman–Crippen MR) is 63.5 cm³/mol. The van der Waals surface area contributed by atoms with Crippen LogP contribution in [0.4, 0.5) is 13.2 Å². The van der Waals surface area contributed by atoms with E-state index < -0.39 is 17.5 Å².